The molecule has 8 heteroatoms. The molecule has 170 valence electrons. The van der Waals surface area contributed by atoms with Crippen LogP contribution in [0.5, 0.6) is 0 Å². The van der Waals surface area contributed by atoms with Gasteiger partial charge in [0.05, 0.1) is 32.0 Å². The van der Waals surface area contributed by atoms with Gasteiger partial charge in [-0.05, 0) is 74.2 Å². The number of fused-ring (bicyclic) bond motifs is 1. The third kappa shape index (κ3) is 4.75. The monoisotopic (exact) mass is 444 g/mol. The standard InChI is InChI=1S/C25H29N7O/c1-15-9-16(2)12-19(11-15)26-24-28-21-22(29-24)30-25(27-20-13-17(3)10-18(4)14-20)31-23(21)32-5-7-33-8-6-32/h9-14H,5-8H2,1-4H3,(H3,26,27,28,29,30,31)/p+1. The summed E-state index contributed by atoms with van der Waals surface area (Å²) < 4.78 is 5.57. The van der Waals surface area contributed by atoms with E-state index in [-0.39, 0.29) is 0 Å². The number of nitrogens with one attached hydrogen (secondary N) is 4. The van der Waals surface area contributed by atoms with Crippen LogP contribution in [0.4, 0.5) is 29.1 Å². The molecule has 1 aliphatic rings. The normalized spacial score (nSPS) is 14.0. The van der Waals surface area contributed by atoms with Crippen molar-refractivity contribution in [2.24, 2.45) is 0 Å². The van der Waals surface area contributed by atoms with Gasteiger partial charge in [0.2, 0.25) is 17.4 Å². The molecule has 0 unspecified atom stereocenters. The smallest absolute Gasteiger partial charge is 0.351 e. The van der Waals surface area contributed by atoms with Crippen LogP contribution in [0.1, 0.15) is 22.3 Å². The molecular formula is C25H30N7O+. The number of rotatable bonds is 5. The average Bonchev–Trinajstić information content (AvgIpc) is 3.14. The van der Waals surface area contributed by atoms with E-state index in [0.717, 1.165) is 35.8 Å². The van der Waals surface area contributed by atoms with E-state index in [1.165, 1.54) is 22.3 Å². The largest absolute Gasteiger partial charge is 0.376 e. The number of hydrogen-bond donors (Lipinski definition) is 3. The molecule has 3 heterocycles. The van der Waals surface area contributed by atoms with Crippen LogP contribution in [0.3, 0.4) is 0 Å². The first-order chi connectivity index (χ1) is 15.9. The van der Waals surface area contributed by atoms with Gasteiger partial charge in [-0.2, -0.15) is 4.98 Å². The molecule has 4 aromatic rings. The van der Waals surface area contributed by atoms with Gasteiger partial charge in [0.25, 0.3) is 0 Å². The van der Waals surface area contributed by atoms with Crippen molar-refractivity contribution in [2.75, 3.05) is 41.8 Å². The van der Waals surface area contributed by atoms with Crippen LogP contribution < -0.4 is 20.5 Å². The lowest BCUT2D eigenvalue weighted by molar-refractivity contribution is -0.349. The molecule has 4 N–H and O–H groups in total. The van der Waals surface area contributed by atoms with E-state index in [0.29, 0.717) is 30.8 Å². The number of H-pyrrole nitrogens is 2. The molecule has 1 fully saturated rings. The topological polar surface area (TPSA) is 92.2 Å². The summed E-state index contributed by atoms with van der Waals surface area (Å²) >= 11 is 0. The lowest BCUT2D eigenvalue weighted by Gasteiger charge is -2.24. The molecule has 1 aliphatic heterocycles. The Morgan fingerprint density at radius 3 is 2.00 bits per heavy atom. The zero-order valence-corrected chi connectivity index (χ0v) is 19.5. The van der Waals surface area contributed by atoms with E-state index < -0.39 is 0 Å². The Labute approximate surface area is 193 Å². The van der Waals surface area contributed by atoms with Gasteiger partial charge >= 0.3 is 5.95 Å². The van der Waals surface area contributed by atoms with E-state index >= 15 is 0 Å². The summed E-state index contributed by atoms with van der Waals surface area (Å²) in [5, 5.41) is 6.84. The molecule has 0 radical (unpaired) electrons. The van der Waals surface area contributed by atoms with Crippen molar-refractivity contribution in [3.63, 3.8) is 0 Å². The summed E-state index contributed by atoms with van der Waals surface area (Å²) in [6.45, 7) is 11.4. The van der Waals surface area contributed by atoms with Gasteiger partial charge in [-0.15, -0.1) is 0 Å². The molecule has 0 spiro atoms. The maximum absolute atomic E-state index is 5.57. The minimum Gasteiger partial charge on any atom is -0.376 e. The van der Waals surface area contributed by atoms with Crippen molar-refractivity contribution >= 4 is 40.3 Å². The van der Waals surface area contributed by atoms with E-state index in [4.69, 9.17) is 14.7 Å². The van der Waals surface area contributed by atoms with Gasteiger partial charge < -0.3 is 19.9 Å². The van der Waals surface area contributed by atoms with E-state index in [2.05, 4.69) is 89.6 Å². The Morgan fingerprint density at radius 2 is 1.39 bits per heavy atom. The first-order valence-electron chi connectivity index (χ1n) is 11.3. The van der Waals surface area contributed by atoms with Crippen molar-refractivity contribution in [3.05, 3.63) is 58.7 Å². The van der Waals surface area contributed by atoms with Crippen LogP contribution >= 0.6 is 0 Å². The van der Waals surface area contributed by atoms with Crippen LogP contribution in [0.15, 0.2) is 36.4 Å². The zero-order valence-electron chi connectivity index (χ0n) is 19.5. The number of aromatic amines is 2. The van der Waals surface area contributed by atoms with Crippen LogP contribution in [0, 0.1) is 27.7 Å². The highest BCUT2D eigenvalue weighted by molar-refractivity contribution is 5.85. The first kappa shape index (κ1) is 21.2. The minimum atomic E-state index is 0.647. The number of anilines is 5. The predicted molar refractivity (Wildman–Crippen MR) is 132 cm³/mol. The van der Waals surface area contributed by atoms with E-state index in [9.17, 15) is 0 Å². The molecule has 2 aromatic heterocycles. The van der Waals surface area contributed by atoms with Crippen molar-refractivity contribution in [2.45, 2.75) is 27.7 Å². The maximum atomic E-state index is 5.57. The molecule has 1 saturated heterocycles. The van der Waals surface area contributed by atoms with Gasteiger partial charge in [-0.3, -0.25) is 5.32 Å². The number of benzene rings is 2. The molecule has 33 heavy (non-hydrogen) atoms. The van der Waals surface area contributed by atoms with Crippen LogP contribution in [0.25, 0.3) is 11.2 Å². The highest BCUT2D eigenvalue weighted by atomic mass is 16.5. The van der Waals surface area contributed by atoms with Crippen LogP contribution in [-0.2, 0) is 4.74 Å². The number of morpholine rings is 1. The van der Waals surface area contributed by atoms with Crippen molar-refractivity contribution in [3.8, 4) is 0 Å². The lowest BCUT2D eigenvalue weighted by atomic mass is 10.1. The van der Waals surface area contributed by atoms with Crippen molar-refractivity contribution in [1.82, 2.24) is 15.0 Å². The second kappa shape index (κ2) is 8.71. The number of aryl methyl sites for hydroxylation is 4. The Bertz CT molecular complexity index is 1270. The van der Waals surface area contributed by atoms with Crippen molar-refractivity contribution < 1.29 is 9.72 Å². The number of imidazole rings is 1. The quantitative estimate of drug-likeness (QED) is 0.424. The van der Waals surface area contributed by atoms with Gasteiger partial charge in [0, 0.05) is 5.69 Å². The summed E-state index contributed by atoms with van der Waals surface area (Å²) in [5.41, 5.74) is 8.31. The fourth-order valence-corrected chi connectivity index (χ4v) is 4.43. The van der Waals surface area contributed by atoms with E-state index in [1.54, 1.807) is 0 Å². The molecule has 5 rings (SSSR count). The Kier molecular flexibility index (Phi) is 5.60. The summed E-state index contributed by atoms with van der Waals surface area (Å²) in [4.78, 5) is 18.7. The van der Waals surface area contributed by atoms with Gasteiger partial charge in [-0.1, -0.05) is 17.1 Å². The highest BCUT2D eigenvalue weighted by Gasteiger charge is 2.24. The first-order valence-corrected chi connectivity index (χ1v) is 11.3. The second-order valence-electron chi connectivity index (χ2n) is 8.82. The summed E-state index contributed by atoms with van der Waals surface area (Å²) in [7, 11) is 0. The Morgan fingerprint density at radius 1 is 0.818 bits per heavy atom. The second-order valence-corrected chi connectivity index (χ2v) is 8.82. The summed E-state index contributed by atoms with van der Waals surface area (Å²) in [6.07, 6.45) is 0. The van der Waals surface area contributed by atoms with Gasteiger partial charge in [0.15, 0.2) is 5.52 Å². The van der Waals surface area contributed by atoms with Crippen LogP contribution in [-0.4, -0.2) is 41.3 Å². The van der Waals surface area contributed by atoms with Gasteiger partial charge in [0.1, 0.15) is 0 Å². The third-order valence-electron chi connectivity index (χ3n) is 5.67. The lowest BCUT2D eigenvalue weighted by Crippen LogP contribution is -2.40. The molecule has 2 aromatic carbocycles. The molecule has 0 aliphatic carbocycles. The van der Waals surface area contributed by atoms with Gasteiger partial charge in [-0.25, -0.2) is 4.98 Å². The summed E-state index contributed by atoms with van der Waals surface area (Å²) in [6, 6.07) is 12.7. The Hall–Kier alpha value is -3.65. The molecule has 0 bridgehead atoms. The van der Waals surface area contributed by atoms with Crippen LogP contribution in [0.2, 0.25) is 0 Å². The highest BCUT2D eigenvalue weighted by Crippen LogP contribution is 2.26. The van der Waals surface area contributed by atoms with Crippen molar-refractivity contribution in [1.29, 1.82) is 0 Å². The fourth-order valence-electron chi connectivity index (χ4n) is 4.43. The number of nitrogens with zero attached hydrogens (tertiary/aromatic N) is 3. The molecule has 8 nitrogen and oxygen atoms in total. The fraction of sp³-hybridized carbons (Fsp3) is 0.320. The predicted octanol–water partition coefficient (Wildman–Crippen LogP) is 4.33. The van der Waals surface area contributed by atoms with E-state index in [1.807, 2.05) is 0 Å². The molecule has 0 atom stereocenters. The molecule has 0 amide bonds. The third-order valence-corrected chi connectivity index (χ3v) is 5.67. The molecular weight excluding hydrogens is 414 g/mol. The number of ether oxygens (including phenoxy) is 1. The summed E-state index contributed by atoms with van der Waals surface area (Å²) in [5.74, 6) is 2.27. The molecule has 0 saturated carbocycles. The Balaban J connectivity index is 1.54. The minimum absolute atomic E-state index is 0.647. The maximum Gasteiger partial charge on any atom is 0.351 e. The SMILES string of the molecule is Cc1cc(C)cc(Nc2nc3nc(Nc4cc(C)cc(C)c4)[nH+]c(N4CCOCC4)c3[nH]2)c1. The average molecular weight is 445 g/mol. The zero-order chi connectivity index (χ0) is 22.9. The number of aromatic nitrogens is 4. The number of hydrogen-bond acceptors (Lipinski definition) is 6.